The zero-order chi connectivity index (χ0) is 14.0. The van der Waals surface area contributed by atoms with Gasteiger partial charge in [-0.1, -0.05) is 0 Å². The van der Waals surface area contributed by atoms with Gasteiger partial charge in [0.1, 0.15) is 5.82 Å². The quantitative estimate of drug-likeness (QED) is 0.645. The molecule has 0 radical (unpaired) electrons. The van der Waals surface area contributed by atoms with E-state index in [1.807, 2.05) is 0 Å². The van der Waals surface area contributed by atoms with Crippen LogP contribution in [-0.2, 0) is 10.0 Å². The van der Waals surface area contributed by atoms with E-state index in [0.29, 0.717) is 25.9 Å². The summed E-state index contributed by atoms with van der Waals surface area (Å²) in [7, 11) is -3.57. The molecule has 2 rings (SSSR count). The summed E-state index contributed by atoms with van der Waals surface area (Å²) in [5, 5.41) is 7.37. The molecule has 1 fully saturated rings. The maximum absolute atomic E-state index is 12.8. The fraction of sp³-hybridized carbons (Fsp3) is 0.417. The van der Waals surface area contributed by atoms with Crippen molar-refractivity contribution in [1.82, 2.24) is 4.31 Å². The highest BCUT2D eigenvalue weighted by Crippen LogP contribution is 2.23. The predicted octanol–water partition coefficient (Wildman–Crippen LogP) is 1.16. The van der Waals surface area contributed by atoms with E-state index in [4.69, 9.17) is 11.1 Å². The first-order valence-electron chi connectivity index (χ1n) is 6.01. The Bertz CT molecular complexity index is 563. The van der Waals surface area contributed by atoms with E-state index in [-0.39, 0.29) is 16.6 Å². The van der Waals surface area contributed by atoms with Gasteiger partial charge in [0.2, 0.25) is 10.0 Å². The number of hydrogen-bond donors (Lipinski definition) is 2. The Kier molecular flexibility index (Phi) is 3.86. The standard InChI is InChI=1S/C12H16FN3O2S/c13-10-1-3-11(4-2-10)19(17,18)16-7-5-9(6-8-16)12(14)15/h1-4,9H,5-8H2,(H3,14,15). The first-order valence-corrected chi connectivity index (χ1v) is 7.45. The van der Waals surface area contributed by atoms with Crippen molar-refractivity contribution < 1.29 is 12.8 Å². The summed E-state index contributed by atoms with van der Waals surface area (Å²) in [6.45, 7) is 0.675. The lowest BCUT2D eigenvalue weighted by molar-refractivity contribution is 0.314. The number of sulfonamides is 1. The van der Waals surface area contributed by atoms with Gasteiger partial charge in [-0.3, -0.25) is 5.41 Å². The van der Waals surface area contributed by atoms with Gasteiger partial charge < -0.3 is 5.73 Å². The molecule has 0 spiro atoms. The minimum Gasteiger partial charge on any atom is -0.387 e. The number of nitrogens with zero attached hydrogens (tertiary/aromatic N) is 1. The summed E-state index contributed by atoms with van der Waals surface area (Å²) in [5.74, 6) is -0.396. The number of hydrogen-bond acceptors (Lipinski definition) is 3. The fourth-order valence-corrected chi connectivity index (χ4v) is 3.63. The van der Waals surface area contributed by atoms with Crippen molar-refractivity contribution in [2.45, 2.75) is 17.7 Å². The van der Waals surface area contributed by atoms with Gasteiger partial charge in [-0.25, -0.2) is 12.8 Å². The van der Waals surface area contributed by atoms with Crippen LogP contribution in [0.2, 0.25) is 0 Å². The number of rotatable bonds is 3. The van der Waals surface area contributed by atoms with Gasteiger partial charge >= 0.3 is 0 Å². The Morgan fingerprint density at radius 1 is 1.26 bits per heavy atom. The number of halogens is 1. The van der Waals surface area contributed by atoms with Crippen molar-refractivity contribution in [3.05, 3.63) is 30.1 Å². The van der Waals surface area contributed by atoms with Crippen LogP contribution in [0, 0.1) is 17.1 Å². The topological polar surface area (TPSA) is 87.2 Å². The highest BCUT2D eigenvalue weighted by molar-refractivity contribution is 7.89. The summed E-state index contributed by atoms with van der Waals surface area (Å²) < 4.78 is 38.8. The van der Waals surface area contributed by atoms with E-state index in [2.05, 4.69) is 0 Å². The van der Waals surface area contributed by atoms with E-state index in [9.17, 15) is 12.8 Å². The molecule has 104 valence electrons. The van der Waals surface area contributed by atoms with E-state index in [1.165, 1.54) is 16.4 Å². The zero-order valence-corrected chi connectivity index (χ0v) is 11.2. The lowest BCUT2D eigenvalue weighted by atomic mass is 9.97. The fourth-order valence-electron chi connectivity index (χ4n) is 2.16. The summed E-state index contributed by atoms with van der Waals surface area (Å²) in [5.41, 5.74) is 5.42. The van der Waals surface area contributed by atoms with E-state index in [1.54, 1.807) is 0 Å². The Morgan fingerprint density at radius 2 is 1.79 bits per heavy atom. The average Bonchev–Trinajstić information content (AvgIpc) is 2.39. The average molecular weight is 285 g/mol. The number of nitrogens with one attached hydrogen (secondary N) is 1. The van der Waals surface area contributed by atoms with Crippen LogP contribution in [0.15, 0.2) is 29.2 Å². The normalized spacial score (nSPS) is 18.4. The molecule has 1 saturated heterocycles. The highest BCUT2D eigenvalue weighted by Gasteiger charge is 2.30. The third-order valence-electron chi connectivity index (χ3n) is 3.35. The molecule has 1 heterocycles. The van der Waals surface area contributed by atoms with Crippen LogP contribution in [0.3, 0.4) is 0 Å². The van der Waals surface area contributed by atoms with Gasteiger partial charge in [-0.05, 0) is 37.1 Å². The maximum Gasteiger partial charge on any atom is 0.243 e. The van der Waals surface area contributed by atoms with Crippen molar-refractivity contribution in [2.24, 2.45) is 11.7 Å². The Morgan fingerprint density at radius 3 is 2.26 bits per heavy atom. The first kappa shape index (κ1) is 14.0. The van der Waals surface area contributed by atoms with Crippen LogP contribution in [0.4, 0.5) is 4.39 Å². The summed E-state index contributed by atoms with van der Waals surface area (Å²) >= 11 is 0. The van der Waals surface area contributed by atoms with Crippen molar-refractivity contribution in [1.29, 1.82) is 5.41 Å². The van der Waals surface area contributed by atoms with Gasteiger partial charge in [0.25, 0.3) is 0 Å². The molecule has 7 heteroatoms. The molecule has 1 aliphatic rings. The number of piperidine rings is 1. The second kappa shape index (κ2) is 5.26. The molecule has 1 aromatic rings. The minimum atomic E-state index is -3.57. The van der Waals surface area contributed by atoms with Crippen molar-refractivity contribution in [3.63, 3.8) is 0 Å². The van der Waals surface area contributed by atoms with Gasteiger partial charge in [0.05, 0.1) is 10.7 Å². The van der Waals surface area contributed by atoms with Crippen LogP contribution in [0.25, 0.3) is 0 Å². The van der Waals surface area contributed by atoms with Gasteiger partial charge in [0, 0.05) is 19.0 Å². The molecular weight excluding hydrogens is 269 g/mol. The third kappa shape index (κ3) is 2.93. The van der Waals surface area contributed by atoms with Gasteiger partial charge in [-0.15, -0.1) is 0 Å². The van der Waals surface area contributed by atoms with E-state index >= 15 is 0 Å². The molecule has 0 aromatic heterocycles. The Hall–Kier alpha value is -1.47. The molecule has 1 aliphatic heterocycles. The molecular formula is C12H16FN3O2S. The summed E-state index contributed by atoms with van der Waals surface area (Å²) in [4.78, 5) is 0.0928. The third-order valence-corrected chi connectivity index (χ3v) is 5.26. The Labute approximate surface area is 111 Å². The van der Waals surface area contributed by atoms with Crippen LogP contribution < -0.4 is 5.73 Å². The number of amidine groups is 1. The van der Waals surface area contributed by atoms with Gasteiger partial charge in [0.15, 0.2) is 0 Å². The van der Waals surface area contributed by atoms with Crippen LogP contribution in [0.5, 0.6) is 0 Å². The minimum absolute atomic E-state index is 0.0420. The van der Waals surface area contributed by atoms with Crippen LogP contribution in [-0.4, -0.2) is 31.6 Å². The second-order valence-corrected chi connectivity index (χ2v) is 6.53. The van der Waals surface area contributed by atoms with Crippen molar-refractivity contribution in [2.75, 3.05) is 13.1 Å². The summed E-state index contributed by atoms with van der Waals surface area (Å²) in [6.07, 6.45) is 1.10. The summed E-state index contributed by atoms with van der Waals surface area (Å²) in [6, 6.07) is 4.80. The largest absolute Gasteiger partial charge is 0.387 e. The zero-order valence-electron chi connectivity index (χ0n) is 10.3. The highest BCUT2D eigenvalue weighted by atomic mass is 32.2. The molecule has 0 amide bonds. The SMILES string of the molecule is N=C(N)C1CCN(S(=O)(=O)c2ccc(F)cc2)CC1. The maximum atomic E-state index is 12.8. The van der Waals surface area contributed by atoms with Crippen LogP contribution in [0.1, 0.15) is 12.8 Å². The smallest absolute Gasteiger partial charge is 0.243 e. The molecule has 0 atom stereocenters. The second-order valence-electron chi connectivity index (χ2n) is 4.59. The first-order chi connectivity index (χ1) is 8.91. The lowest BCUT2D eigenvalue weighted by Gasteiger charge is -2.30. The molecule has 5 nitrogen and oxygen atoms in total. The van der Waals surface area contributed by atoms with Crippen LogP contribution >= 0.6 is 0 Å². The number of benzene rings is 1. The molecule has 0 bridgehead atoms. The molecule has 0 saturated carbocycles. The lowest BCUT2D eigenvalue weighted by Crippen LogP contribution is -2.41. The van der Waals surface area contributed by atoms with Crippen molar-refractivity contribution >= 4 is 15.9 Å². The van der Waals surface area contributed by atoms with E-state index < -0.39 is 15.8 Å². The predicted molar refractivity (Wildman–Crippen MR) is 69.8 cm³/mol. The van der Waals surface area contributed by atoms with E-state index in [0.717, 1.165) is 12.1 Å². The molecule has 0 aliphatic carbocycles. The van der Waals surface area contributed by atoms with Crippen molar-refractivity contribution in [3.8, 4) is 0 Å². The molecule has 0 unspecified atom stereocenters. The van der Waals surface area contributed by atoms with Gasteiger partial charge in [-0.2, -0.15) is 4.31 Å². The monoisotopic (exact) mass is 285 g/mol. The molecule has 19 heavy (non-hydrogen) atoms. The number of nitrogens with two attached hydrogens (primary N) is 1. The Balaban J connectivity index is 2.14. The molecule has 3 N–H and O–H groups in total. The molecule has 1 aromatic carbocycles.